The predicted octanol–water partition coefficient (Wildman–Crippen LogP) is 4.72. The Kier molecular flexibility index (Phi) is 9.40. The fraction of sp³-hybridized carbons (Fsp3) is 0.692. The largest absolute Gasteiger partial charge is 0.133 e. The molecule has 0 aromatic rings. The number of unbranched alkanes of at least 4 members (excludes halogenated alkanes) is 1. The maximum absolute atomic E-state index is 2.81. The first-order chi connectivity index (χ1) is 6.78. The Bertz CT molecular complexity index is 189. The molecule has 1 atom stereocenters. The van der Waals surface area contributed by atoms with Gasteiger partial charge in [-0.2, -0.15) is 0 Å². The van der Waals surface area contributed by atoms with Gasteiger partial charge in [0.25, 0.3) is 0 Å². The van der Waals surface area contributed by atoms with Crippen LogP contribution in [0.4, 0.5) is 0 Å². The highest BCUT2D eigenvalue weighted by Gasteiger charge is 1.95. The molecule has 0 saturated carbocycles. The molecule has 0 bridgehead atoms. The van der Waals surface area contributed by atoms with Crippen LogP contribution in [0.3, 0.4) is 0 Å². The van der Waals surface area contributed by atoms with E-state index in [-0.39, 0.29) is 0 Å². The van der Waals surface area contributed by atoms with Gasteiger partial charge in [-0.15, -0.1) is 9.24 Å². The highest BCUT2D eigenvalue weighted by molar-refractivity contribution is 7.16. The molecule has 0 aliphatic rings. The quantitative estimate of drug-likeness (QED) is 0.423. The van der Waals surface area contributed by atoms with Gasteiger partial charge in [0.05, 0.1) is 0 Å². The van der Waals surface area contributed by atoms with Crippen LogP contribution in [0.15, 0.2) is 23.3 Å². The van der Waals surface area contributed by atoms with Gasteiger partial charge in [0.15, 0.2) is 0 Å². The second kappa shape index (κ2) is 9.46. The smallest absolute Gasteiger partial charge is 0.0132 e. The van der Waals surface area contributed by atoms with E-state index in [1.807, 2.05) is 0 Å². The monoisotopic (exact) mass is 212 g/mol. The highest BCUT2D eigenvalue weighted by Crippen LogP contribution is 2.15. The Labute approximate surface area is 92.1 Å². The predicted molar refractivity (Wildman–Crippen MR) is 70.9 cm³/mol. The van der Waals surface area contributed by atoms with E-state index < -0.39 is 0 Å². The number of hydrogen-bond donors (Lipinski definition) is 0. The van der Waals surface area contributed by atoms with Crippen molar-refractivity contribution in [3.63, 3.8) is 0 Å². The van der Waals surface area contributed by atoms with Gasteiger partial charge in [0.1, 0.15) is 0 Å². The molecular formula is C13H25P. The lowest BCUT2D eigenvalue weighted by Crippen LogP contribution is -1.86. The summed E-state index contributed by atoms with van der Waals surface area (Å²) in [5.74, 6) is 0. The number of rotatable bonds is 7. The van der Waals surface area contributed by atoms with E-state index in [2.05, 4.69) is 42.2 Å². The molecule has 82 valence electrons. The van der Waals surface area contributed by atoms with Crippen LogP contribution in [0.1, 0.15) is 52.9 Å². The molecule has 0 rings (SSSR count). The second-order valence-electron chi connectivity index (χ2n) is 3.65. The first-order valence-corrected chi connectivity index (χ1v) is 6.68. The number of allylic oxidation sites excluding steroid dienone is 4. The summed E-state index contributed by atoms with van der Waals surface area (Å²) in [5.41, 5.74) is 3.08. The van der Waals surface area contributed by atoms with Gasteiger partial charge >= 0.3 is 0 Å². The molecular weight excluding hydrogens is 187 g/mol. The van der Waals surface area contributed by atoms with Crippen LogP contribution in [0, 0.1) is 0 Å². The van der Waals surface area contributed by atoms with Crippen molar-refractivity contribution in [3.05, 3.63) is 23.3 Å². The fourth-order valence-electron chi connectivity index (χ4n) is 1.48. The van der Waals surface area contributed by atoms with Gasteiger partial charge in [-0.1, -0.05) is 44.9 Å². The van der Waals surface area contributed by atoms with Crippen LogP contribution < -0.4 is 0 Å². The molecule has 0 aromatic carbocycles. The summed E-state index contributed by atoms with van der Waals surface area (Å²) in [4.78, 5) is 0. The van der Waals surface area contributed by atoms with Gasteiger partial charge in [-0.3, -0.25) is 0 Å². The van der Waals surface area contributed by atoms with Crippen LogP contribution >= 0.6 is 9.24 Å². The first kappa shape index (κ1) is 13.9. The van der Waals surface area contributed by atoms with Crippen molar-refractivity contribution in [1.29, 1.82) is 0 Å². The average Bonchev–Trinajstić information content (AvgIpc) is 2.22. The van der Waals surface area contributed by atoms with E-state index in [9.17, 15) is 0 Å². The summed E-state index contributed by atoms with van der Waals surface area (Å²) in [6.07, 6.45) is 12.1. The van der Waals surface area contributed by atoms with Crippen LogP contribution in [0.5, 0.6) is 0 Å². The maximum atomic E-state index is 2.81. The summed E-state index contributed by atoms with van der Waals surface area (Å²) in [7, 11) is 2.81. The zero-order chi connectivity index (χ0) is 10.8. The van der Waals surface area contributed by atoms with Crippen molar-refractivity contribution in [2.45, 2.75) is 52.9 Å². The van der Waals surface area contributed by atoms with Crippen LogP contribution in [0.25, 0.3) is 0 Å². The molecule has 0 N–H and O–H groups in total. The third kappa shape index (κ3) is 6.38. The standard InChI is InChI=1S/C13H25P/c1-4-7-9-12(6-3)10-13(11-14)8-5-2/h8,10H,4-7,9,11,14H2,1-3H3/b12-10+,13-8+. The Morgan fingerprint density at radius 2 is 1.93 bits per heavy atom. The van der Waals surface area contributed by atoms with Crippen molar-refractivity contribution in [1.82, 2.24) is 0 Å². The van der Waals surface area contributed by atoms with Gasteiger partial charge < -0.3 is 0 Å². The van der Waals surface area contributed by atoms with Gasteiger partial charge in [0.2, 0.25) is 0 Å². The van der Waals surface area contributed by atoms with E-state index in [0.717, 1.165) is 12.6 Å². The molecule has 0 aliphatic heterocycles. The Hall–Kier alpha value is -0.0900. The van der Waals surface area contributed by atoms with Gasteiger partial charge in [-0.05, 0) is 37.4 Å². The third-order valence-corrected chi connectivity index (χ3v) is 2.87. The molecule has 0 fully saturated rings. The van der Waals surface area contributed by atoms with Crippen molar-refractivity contribution >= 4 is 9.24 Å². The molecule has 1 unspecified atom stereocenters. The lowest BCUT2D eigenvalue weighted by molar-refractivity contribution is 0.765. The summed E-state index contributed by atoms with van der Waals surface area (Å²) in [6.45, 7) is 6.71. The summed E-state index contributed by atoms with van der Waals surface area (Å²) < 4.78 is 0. The lowest BCUT2D eigenvalue weighted by atomic mass is 10.0. The molecule has 0 heterocycles. The Balaban J connectivity index is 4.30. The molecule has 14 heavy (non-hydrogen) atoms. The topological polar surface area (TPSA) is 0 Å². The fourth-order valence-corrected chi connectivity index (χ4v) is 1.76. The minimum absolute atomic E-state index is 1.09. The van der Waals surface area contributed by atoms with Crippen molar-refractivity contribution < 1.29 is 0 Å². The summed E-state index contributed by atoms with van der Waals surface area (Å²) in [6, 6.07) is 0. The summed E-state index contributed by atoms with van der Waals surface area (Å²) >= 11 is 0. The molecule has 0 nitrogen and oxygen atoms in total. The first-order valence-electron chi connectivity index (χ1n) is 5.86. The Morgan fingerprint density at radius 3 is 2.36 bits per heavy atom. The maximum Gasteiger partial charge on any atom is -0.0132 e. The van der Waals surface area contributed by atoms with E-state index >= 15 is 0 Å². The third-order valence-electron chi connectivity index (χ3n) is 2.40. The molecule has 1 heteroatoms. The normalized spacial score (nSPS) is 13.4. The second-order valence-corrected chi connectivity index (χ2v) is 4.06. The van der Waals surface area contributed by atoms with Crippen molar-refractivity contribution in [2.24, 2.45) is 0 Å². The van der Waals surface area contributed by atoms with Crippen LogP contribution in [-0.2, 0) is 0 Å². The van der Waals surface area contributed by atoms with Gasteiger partial charge in [0, 0.05) is 0 Å². The molecule has 0 spiro atoms. The SMILES string of the molecule is CC/C=C(\C=C(/CC)CCCC)CP. The van der Waals surface area contributed by atoms with E-state index in [1.165, 1.54) is 31.3 Å². The lowest BCUT2D eigenvalue weighted by Gasteiger charge is -2.05. The zero-order valence-electron chi connectivity index (χ0n) is 9.97. The molecule has 0 radical (unpaired) electrons. The van der Waals surface area contributed by atoms with Gasteiger partial charge in [-0.25, -0.2) is 0 Å². The van der Waals surface area contributed by atoms with Crippen molar-refractivity contribution in [2.75, 3.05) is 6.16 Å². The zero-order valence-corrected chi connectivity index (χ0v) is 11.1. The van der Waals surface area contributed by atoms with E-state index in [1.54, 1.807) is 5.57 Å². The Morgan fingerprint density at radius 1 is 1.21 bits per heavy atom. The summed E-state index contributed by atoms with van der Waals surface area (Å²) in [5, 5.41) is 0. The molecule has 0 aromatic heterocycles. The molecule has 0 saturated heterocycles. The average molecular weight is 212 g/mol. The molecule has 0 amide bonds. The van der Waals surface area contributed by atoms with Crippen LogP contribution in [0.2, 0.25) is 0 Å². The number of hydrogen-bond acceptors (Lipinski definition) is 0. The minimum Gasteiger partial charge on any atom is -0.133 e. The van der Waals surface area contributed by atoms with Crippen molar-refractivity contribution in [3.8, 4) is 0 Å². The highest BCUT2D eigenvalue weighted by atomic mass is 31.0. The molecule has 0 aliphatic carbocycles. The minimum atomic E-state index is 1.09. The van der Waals surface area contributed by atoms with E-state index in [0.29, 0.717) is 0 Å². The van der Waals surface area contributed by atoms with Crippen LogP contribution in [-0.4, -0.2) is 6.16 Å². The van der Waals surface area contributed by atoms with E-state index in [4.69, 9.17) is 0 Å².